The van der Waals surface area contributed by atoms with Gasteiger partial charge in [0.05, 0.1) is 5.69 Å². The molecule has 0 spiro atoms. The number of amides is 1. The SMILES string of the molecule is Cc1nnsc1C(=O)NCc1cccc(F)c1. The van der Waals surface area contributed by atoms with Crippen LogP contribution in [-0.2, 0) is 6.54 Å². The quantitative estimate of drug-likeness (QED) is 0.906. The molecule has 0 fully saturated rings. The molecule has 0 unspecified atom stereocenters. The van der Waals surface area contributed by atoms with E-state index in [0.717, 1.165) is 11.5 Å². The van der Waals surface area contributed by atoms with Crippen molar-refractivity contribution in [3.8, 4) is 0 Å². The van der Waals surface area contributed by atoms with Crippen molar-refractivity contribution in [1.82, 2.24) is 14.9 Å². The Labute approximate surface area is 102 Å². The normalized spacial score (nSPS) is 10.2. The Morgan fingerprint density at radius 2 is 2.35 bits per heavy atom. The molecule has 0 saturated heterocycles. The molecule has 0 aliphatic rings. The molecule has 0 saturated carbocycles. The predicted octanol–water partition coefficient (Wildman–Crippen LogP) is 1.92. The number of aromatic nitrogens is 2. The van der Waals surface area contributed by atoms with Crippen molar-refractivity contribution in [3.05, 3.63) is 46.2 Å². The minimum absolute atomic E-state index is 0.234. The zero-order chi connectivity index (χ0) is 12.3. The molecular weight excluding hydrogens is 241 g/mol. The number of nitrogens with one attached hydrogen (secondary N) is 1. The molecule has 1 aromatic carbocycles. The highest BCUT2D eigenvalue weighted by Crippen LogP contribution is 2.09. The molecule has 1 N–H and O–H groups in total. The van der Waals surface area contributed by atoms with E-state index in [2.05, 4.69) is 14.9 Å². The fourth-order valence-electron chi connectivity index (χ4n) is 1.35. The minimum Gasteiger partial charge on any atom is -0.347 e. The van der Waals surface area contributed by atoms with Gasteiger partial charge in [0.2, 0.25) is 0 Å². The predicted molar refractivity (Wildman–Crippen MR) is 62.2 cm³/mol. The van der Waals surface area contributed by atoms with Gasteiger partial charge in [0.25, 0.3) is 5.91 Å². The van der Waals surface area contributed by atoms with Crippen LogP contribution in [0.25, 0.3) is 0 Å². The molecule has 6 heteroatoms. The van der Waals surface area contributed by atoms with Gasteiger partial charge in [0.1, 0.15) is 10.7 Å². The van der Waals surface area contributed by atoms with Crippen LogP contribution in [0.5, 0.6) is 0 Å². The van der Waals surface area contributed by atoms with Gasteiger partial charge in [-0.15, -0.1) is 5.10 Å². The zero-order valence-electron chi connectivity index (χ0n) is 9.11. The third-order valence-electron chi connectivity index (χ3n) is 2.20. The fraction of sp³-hybridized carbons (Fsp3) is 0.182. The van der Waals surface area contributed by atoms with Gasteiger partial charge in [-0.3, -0.25) is 4.79 Å². The van der Waals surface area contributed by atoms with Crippen molar-refractivity contribution in [2.45, 2.75) is 13.5 Å². The highest BCUT2D eigenvalue weighted by Gasteiger charge is 2.12. The molecule has 0 aliphatic heterocycles. The van der Waals surface area contributed by atoms with E-state index in [1.807, 2.05) is 0 Å². The molecule has 0 bridgehead atoms. The topological polar surface area (TPSA) is 54.9 Å². The van der Waals surface area contributed by atoms with Crippen LogP contribution in [0.4, 0.5) is 4.39 Å². The maximum atomic E-state index is 12.9. The lowest BCUT2D eigenvalue weighted by Gasteiger charge is -2.03. The first kappa shape index (κ1) is 11.7. The largest absolute Gasteiger partial charge is 0.347 e. The van der Waals surface area contributed by atoms with Crippen LogP contribution in [0.15, 0.2) is 24.3 Å². The van der Waals surface area contributed by atoms with Gasteiger partial charge in [-0.25, -0.2) is 4.39 Å². The van der Waals surface area contributed by atoms with Gasteiger partial charge in [0.15, 0.2) is 0 Å². The minimum atomic E-state index is -0.313. The Hall–Kier alpha value is -1.82. The number of carbonyl (C=O) groups is 1. The average Bonchev–Trinajstić information content (AvgIpc) is 2.72. The van der Waals surface area contributed by atoms with Gasteiger partial charge >= 0.3 is 0 Å². The fourth-order valence-corrected chi connectivity index (χ4v) is 1.92. The molecule has 88 valence electrons. The standard InChI is InChI=1S/C11H10FN3OS/c1-7-10(17-15-14-7)11(16)13-6-8-3-2-4-9(12)5-8/h2-5H,6H2,1H3,(H,13,16). The van der Waals surface area contributed by atoms with Gasteiger partial charge < -0.3 is 5.32 Å². The van der Waals surface area contributed by atoms with Gasteiger partial charge in [0, 0.05) is 6.54 Å². The molecular formula is C11H10FN3OS. The third kappa shape index (κ3) is 2.85. The molecule has 0 atom stereocenters. The molecule has 4 nitrogen and oxygen atoms in total. The number of hydrogen-bond donors (Lipinski definition) is 1. The Balaban J connectivity index is 1.99. The number of hydrogen-bond acceptors (Lipinski definition) is 4. The first-order chi connectivity index (χ1) is 8.16. The number of benzene rings is 1. The second-order valence-corrected chi connectivity index (χ2v) is 4.25. The van der Waals surface area contributed by atoms with Crippen molar-refractivity contribution in [2.75, 3.05) is 0 Å². The number of halogens is 1. The summed E-state index contributed by atoms with van der Waals surface area (Å²) in [6, 6.07) is 6.11. The van der Waals surface area contributed by atoms with Crippen molar-refractivity contribution in [3.63, 3.8) is 0 Å². The van der Waals surface area contributed by atoms with Gasteiger partial charge in [-0.1, -0.05) is 16.6 Å². The molecule has 0 aliphatic carbocycles. The van der Waals surface area contributed by atoms with E-state index in [-0.39, 0.29) is 18.3 Å². The summed E-state index contributed by atoms with van der Waals surface area (Å²) in [5.74, 6) is -0.547. The monoisotopic (exact) mass is 251 g/mol. The van der Waals surface area contributed by atoms with E-state index in [4.69, 9.17) is 0 Å². The number of carbonyl (C=O) groups excluding carboxylic acids is 1. The molecule has 2 rings (SSSR count). The molecule has 2 aromatic rings. The Morgan fingerprint density at radius 3 is 3.00 bits per heavy atom. The summed E-state index contributed by atoms with van der Waals surface area (Å²) in [6.45, 7) is 2.01. The smallest absolute Gasteiger partial charge is 0.265 e. The molecule has 1 amide bonds. The lowest BCUT2D eigenvalue weighted by atomic mass is 10.2. The van der Waals surface area contributed by atoms with E-state index >= 15 is 0 Å². The molecule has 1 aromatic heterocycles. The average molecular weight is 251 g/mol. The van der Waals surface area contributed by atoms with Crippen molar-refractivity contribution in [2.24, 2.45) is 0 Å². The summed E-state index contributed by atoms with van der Waals surface area (Å²) in [4.78, 5) is 12.2. The number of rotatable bonds is 3. The lowest BCUT2D eigenvalue weighted by molar-refractivity contribution is 0.0954. The Morgan fingerprint density at radius 1 is 1.53 bits per heavy atom. The number of nitrogens with zero attached hydrogens (tertiary/aromatic N) is 2. The first-order valence-corrected chi connectivity index (χ1v) is 5.76. The summed E-state index contributed by atoms with van der Waals surface area (Å²) in [5, 5.41) is 6.45. The maximum Gasteiger partial charge on any atom is 0.265 e. The number of aryl methyl sites for hydroxylation is 1. The van der Waals surface area contributed by atoms with Crippen LogP contribution < -0.4 is 5.32 Å². The van der Waals surface area contributed by atoms with Gasteiger partial charge in [-0.2, -0.15) is 0 Å². The highest BCUT2D eigenvalue weighted by atomic mass is 32.1. The van der Waals surface area contributed by atoms with Crippen LogP contribution in [-0.4, -0.2) is 15.5 Å². The molecule has 1 heterocycles. The highest BCUT2D eigenvalue weighted by molar-refractivity contribution is 7.07. The van der Waals surface area contributed by atoms with E-state index < -0.39 is 0 Å². The second kappa shape index (κ2) is 5.01. The van der Waals surface area contributed by atoms with Crippen LogP contribution in [0.2, 0.25) is 0 Å². The van der Waals surface area contributed by atoms with Crippen molar-refractivity contribution >= 4 is 17.4 Å². The molecule has 0 radical (unpaired) electrons. The van der Waals surface area contributed by atoms with Crippen LogP contribution in [0.1, 0.15) is 20.9 Å². The lowest BCUT2D eigenvalue weighted by Crippen LogP contribution is -2.22. The maximum absolute atomic E-state index is 12.9. The Bertz CT molecular complexity index is 541. The van der Waals surface area contributed by atoms with Crippen LogP contribution in [0, 0.1) is 12.7 Å². The Kier molecular flexibility index (Phi) is 3.43. The second-order valence-electron chi connectivity index (χ2n) is 3.50. The van der Waals surface area contributed by atoms with E-state index in [1.54, 1.807) is 19.1 Å². The summed E-state index contributed by atoms with van der Waals surface area (Å²) < 4.78 is 16.6. The van der Waals surface area contributed by atoms with E-state index in [9.17, 15) is 9.18 Å². The van der Waals surface area contributed by atoms with Gasteiger partial charge in [-0.05, 0) is 36.2 Å². The summed E-state index contributed by atoms with van der Waals surface area (Å²) in [5.41, 5.74) is 1.32. The zero-order valence-corrected chi connectivity index (χ0v) is 9.92. The van der Waals surface area contributed by atoms with Crippen molar-refractivity contribution in [1.29, 1.82) is 0 Å². The van der Waals surface area contributed by atoms with Crippen molar-refractivity contribution < 1.29 is 9.18 Å². The van der Waals surface area contributed by atoms with E-state index in [1.165, 1.54) is 12.1 Å². The summed E-state index contributed by atoms with van der Waals surface area (Å²) in [6.07, 6.45) is 0. The van der Waals surface area contributed by atoms with Crippen LogP contribution >= 0.6 is 11.5 Å². The summed E-state index contributed by atoms with van der Waals surface area (Å²) in [7, 11) is 0. The third-order valence-corrected chi connectivity index (χ3v) is 3.03. The first-order valence-electron chi connectivity index (χ1n) is 4.98. The summed E-state index contributed by atoms with van der Waals surface area (Å²) >= 11 is 1.05. The van der Waals surface area contributed by atoms with E-state index in [0.29, 0.717) is 16.1 Å². The van der Waals surface area contributed by atoms with Crippen LogP contribution in [0.3, 0.4) is 0 Å². The molecule has 17 heavy (non-hydrogen) atoms.